The molecule has 0 heterocycles. The molecule has 0 spiro atoms. The third-order valence-corrected chi connectivity index (χ3v) is 5.60. The molecule has 3 rings (SSSR count). The van der Waals surface area contributed by atoms with Gasteiger partial charge in [0.1, 0.15) is 16.5 Å². The second-order valence-electron chi connectivity index (χ2n) is 6.28. The lowest BCUT2D eigenvalue weighted by atomic mass is 10.1. The first kappa shape index (κ1) is 26.5. The average Bonchev–Trinajstić information content (AvgIpc) is 2.71. The van der Waals surface area contributed by atoms with E-state index >= 15 is 0 Å². The molecule has 0 amide bonds. The number of benzene rings is 3. The van der Waals surface area contributed by atoms with Crippen LogP contribution < -0.4 is 20.5 Å². The highest BCUT2D eigenvalue weighted by molar-refractivity contribution is 7.92. The lowest BCUT2D eigenvalue weighted by Gasteiger charge is -2.14. The number of hydrogen-bond donors (Lipinski definition) is 3. The predicted octanol–water partition coefficient (Wildman–Crippen LogP) is 4.52. The molecule has 0 radical (unpaired) electrons. The minimum absolute atomic E-state index is 0. The molecule has 0 aliphatic rings. The maximum Gasteiger partial charge on any atom is 0.265 e. The van der Waals surface area contributed by atoms with Gasteiger partial charge in [-0.1, -0.05) is 24.3 Å². The van der Waals surface area contributed by atoms with Gasteiger partial charge in [-0.25, -0.2) is 12.8 Å². The lowest BCUT2D eigenvalue weighted by Crippen LogP contribution is -2.15. The second-order valence-corrected chi connectivity index (χ2v) is 7.93. The topological polar surface area (TPSA) is 93.5 Å². The summed E-state index contributed by atoms with van der Waals surface area (Å²) in [5.74, 6) is -0.210. The van der Waals surface area contributed by atoms with Crippen LogP contribution in [0.15, 0.2) is 71.6 Å². The van der Waals surface area contributed by atoms with E-state index in [0.717, 1.165) is 5.69 Å². The first-order valence-electron chi connectivity index (χ1n) is 8.94. The molecule has 3 aromatic rings. The van der Waals surface area contributed by atoms with Crippen molar-refractivity contribution < 1.29 is 17.5 Å². The zero-order valence-corrected chi connectivity index (χ0v) is 19.1. The van der Waals surface area contributed by atoms with Gasteiger partial charge in [0.25, 0.3) is 10.0 Å². The van der Waals surface area contributed by atoms with Crippen LogP contribution in [-0.2, 0) is 10.0 Å². The smallest absolute Gasteiger partial charge is 0.265 e. The molecule has 0 fully saturated rings. The van der Waals surface area contributed by atoms with E-state index in [1.807, 2.05) is 6.07 Å². The monoisotopic (exact) mass is 487 g/mol. The summed E-state index contributed by atoms with van der Waals surface area (Å²) in [5.41, 5.74) is 7.75. The minimum Gasteiger partial charge on any atom is -0.495 e. The minimum atomic E-state index is -3.96. The van der Waals surface area contributed by atoms with Crippen LogP contribution in [0, 0.1) is 5.82 Å². The van der Waals surface area contributed by atoms with Gasteiger partial charge in [0.15, 0.2) is 0 Å². The molecular formula is C21H24Cl2FN3O3S. The highest BCUT2D eigenvalue weighted by atomic mass is 35.5. The first-order chi connectivity index (χ1) is 13.9. The van der Waals surface area contributed by atoms with Gasteiger partial charge in [0.2, 0.25) is 0 Å². The molecule has 4 N–H and O–H groups in total. The summed E-state index contributed by atoms with van der Waals surface area (Å²) in [4.78, 5) is -0.0397. The molecule has 10 heteroatoms. The Morgan fingerprint density at radius 1 is 0.935 bits per heavy atom. The lowest BCUT2D eigenvalue weighted by molar-refractivity contribution is 0.403. The standard InChI is InChI=1S/C21H22FN3O3S.2ClH/c1-28-20-9-8-16(15-4-2-5-17(22)12-15)13-21(20)29(26,27)25-19-7-3-6-18(14-19)24-11-10-23;;/h2-9,12-14,24-25H,10-11,23H2,1H3;2*1H. The van der Waals surface area contributed by atoms with Crippen LogP contribution in [0.25, 0.3) is 11.1 Å². The molecule has 0 unspecified atom stereocenters. The Kier molecular flexibility index (Phi) is 10.1. The Bertz CT molecular complexity index is 1110. The van der Waals surface area contributed by atoms with Gasteiger partial charge in [-0.2, -0.15) is 0 Å². The number of ether oxygens (including phenoxy) is 1. The summed E-state index contributed by atoms with van der Waals surface area (Å²) in [6.45, 7) is 1.03. The van der Waals surface area contributed by atoms with Crippen LogP contribution in [0.3, 0.4) is 0 Å². The van der Waals surface area contributed by atoms with E-state index in [1.165, 1.54) is 25.3 Å². The summed E-state index contributed by atoms with van der Waals surface area (Å²) in [6.07, 6.45) is 0. The van der Waals surface area contributed by atoms with E-state index in [-0.39, 0.29) is 35.5 Å². The van der Waals surface area contributed by atoms with E-state index in [9.17, 15) is 12.8 Å². The second kappa shape index (κ2) is 11.8. The molecule has 0 aliphatic carbocycles. The number of rotatable bonds is 8. The molecular weight excluding hydrogens is 464 g/mol. The number of methoxy groups -OCH3 is 1. The van der Waals surface area contributed by atoms with E-state index in [0.29, 0.717) is 29.9 Å². The number of nitrogens with one attached hydrogen (secondary N) is 2. The fourth-order valence-corrected chi connectivity index (χ4v) is 4.10. The molecule has 0 saturated heterocycles. The number of hydrogen-bond acceptors (Lipinski definition) is 5. The Morgan fingerprint density at radius 3 is 2.29 bits per heavy atom. The number of anilines is 2. The maximum atomic E-state index is 13.6. The van der Waals surface area contributed by atoms with Crippen molar-refractivity contribution in [1.82, 2.24) is 0 Å². The van der Waals surface area contributed by atoms with Crippen LogP contribution in [0.2, 0.25) is 0 Å². The third kappa shape index (κ3) is 6.73. The van der Waals surface area contributed by atoms with Crippen molar-refractivity contribution in [2.24, 2.45) is 5.73 Å². The van der Waals surface area contributed by atoms with Crippen LogP contribution in [0.5, 0.6) is 5.75 Å². The van der Waals surface area contributed by atoms with Gasteiger partial charge in [0, 0.05) is 18.8 Å². The van der Waals surface area contributed by atoms with Crippen molar-refractivity contribution in [2.75, 3.05) is 30.2 Å². The Balaban J connectivity index is 0.00000240. The molecule has 0 atom stereocenters. The molecule has 0 saturated carbocycles. The van der Waals surface area contributed by atoms with Gasteiger partial charge in [-0.05, 0) is 53.6 Å². The summed E-state index contributed by atoms with van der Waals surface area (Å²) < 4.78 is 47.5. The van der Waals surface area contributed by atoms with Gasteiger partial charge >= 0.3 is 0 Å². The summed E-state index contributed by atoms with van der Waals surface area (Å²) in [5, 5.41) is 3.10. The van der Waals surface area contributed by atoms with Gasteiger partial charge in [-0.3, -0.25) is 4.72 Å². The van der Waals surface area contributed by atoms with Crippen molar-refractivity contribution in [3.8, 4) is 16.9 Å². The number of sulfonamides is 1. The first-order valence-corrected chi connectivity index (χ1v) is 10.4. The van der Waals surface area contributed by atoms with E-state index in [4.69, 9.17) is 10.5 Å². The average molecular weight is 488 g/mol. The van der Waals surface area contributed by atoms with Crippen LogP contribution in [0.4, 0.5) is 15.8 Å². The van der Waals surface area contributed by atoms with E-state index in [1.54, 1.807) is 42.5 Å². The SMILES string of the molecule is COc1ccc(-c2cccc(F)c2)cc1S(=O)(=O)Nc1cccc(NCCN)c1.Cl.Cl. The van der Waals surface area contributed by atoms with Crippen molar-refractivity contribution in [1.29, 1.82) is 0 Å². The normalized spacial score (nSPS) is 10.4. The predicted molar refractivity (Wildman–Crippen MR) is 128 cm³/mol. The summed E-state index contributed by atoms with van der Waals surface area (Å²) in [7, 11) is -2.56. The third-order valence-electron chi connectivity index (χ3n) is 4.20. The zero-order valence-electron chi connectivity index (χ0n) is 16.7. The zero-order chi connectivity index (χ0) is 20.9. The van der Waals surface area contributed by atoms with E-state index < -0.39 is 15.8 Å². The highest BCUT2D eigenvalue weighted by Gasteiger charge is 2.21. The quantitative estimate of drug-likeness (QED) is 0.434. The molecule has 168 valence electrons. The summed E-state index contributed by atoms with van der Waals surface area (Å²) >= 11 is 0. The largest absolute Gasteiger partial charge is 0.495 e. The van der Waals surface area contributed by atoms with Crippen LogP contribution in [-0.4, -0.2) is 28.6 Å². The molecule has 31 heavy (non-hydrogen) atoms. The van der Waals surface area contributed by atoms with Crippen molar-refractivity contribution >= 4 is 46.2 Å². The number of nitrogens with two attached hydrogens (primary N) is 1. The molecule has 0 aromatic heterocycles. The van der Waals surface area contributed by atoms with Gasteiger partial charge < -0.3 is 15.8 Å². The Morgan fingerprint density at radius 2 is 1.61 bits per heavy atom. The number of halogens is 3. The van der Waals surface area contributed by atoms with E-state index in [2.05, 4.69) is 10.0 Å². The van der Waals surface area contributed by atoms with Crippen LogP contribution >= 0.6 is 24.8 Å². The van der Waals surface area contributed by atoms with Crippen molar-refractivity contribution in [3.63, 3.8) is 0 Å². The Labute approximate surface area is 193 Å². The molecule has 0 bridgehead atoms. The van der Waals surface area contributed by atoms with Gasteiger partial charge in [0.05, 0.1) is 12.8 Å². The van der Waals surface area contributed by atoms with Crippen LogP contribution in [0.1, 0.15) is 0 Å². The highest BCUT2D eigenvalue weighted by Crippen LogP contribution is 2.31. The fraction of sp³-hybridized carbons (Fsp3) is 0.143. The van der Waals surface area contributed by atoms with Crippen molar-refractivity contribution in [3.05, 3.63) is 72.5 Å². The summed E-state index contributed by atoms with van der Waals surface area (Å²) in [6, 6.07) is 17.5. The molecule has 3 aromatic carbocycles. The fourth-order valence-electron chi connectivity index (χ4n) is 2.85. The molecule has 0 aliphatic heterocycles. The Hall–Kier alpha value is -2.52. The van der Waals surface area contributed by atoms with Crippen molar-refractivity contribution in [2.45, 2.75) is 4.90 Å². The molecule has 6 nitrogen and oxygen atoms in total. The maximum absolute atomic E-state index is 13.6. The van der Waals surface area contributed by atoms with Gasteiger partial charge in [-0.15, -0.1) is 24.8 Å².